The van der Waals surface area contributed by atoms with Crippen LogP contribution in [0.1, 0.15) is 71.3 Å². The molecule has 2 N–H and O–H groups in total. The predicted octanol–water partition coefficient (Wildman–Crippen LogP) is 2.17. The molecule has 3 rings (SSSR count). The number of pyridine rings is 1. The number of rotatable bonds is 6. The second kappa shape index (κ2) is 6.38. The van der Waals surface area contributed by atoms with E-state index in [-0.39, 0.29) is 17.3 Å². The highest BCUT2D eigenvalue weighted by atomic mass is 16.5. The minimum atomic E-state index is -1.18. The number of amides is 1. The van der Waals surface area contributed by atoms with Crippen LogP contribution in [-0.4, -0.2) is 32.1 Å². The number of hydrogen-bond donors (Lipinski definition) is 2. The van der Waals surface area contributed by atoms with E-state index < -0.39 is 17.9 Å². The molecule has 0 aliphatic heterocycles. The van der Waals surface area contributed by atoms with Gasteiger partial charge in [0.1, 0.15) is 17.4 Å². The van der Waals surface area contributed by atoms with Crippen molar-refractivity contribution >= 4 is 11.9 Å². The standard InChI is InChI=1S/C16H18N4O4/c1-8(2)12(15-19-13(20-24-15)9-6-7-9)18-14(21)10-4-3-5-11(17-10)16(22)23/h3-5,8-9,12H,6-7H2,1-2H3,(H,18,21)(H,22,23). The zero-order chi connectivity index (χ0) is 17.3. The van der Waals surface area contributed by atoms with Crippen LogP contribution in [0.25, 0.3) is 0 Å². The molecule has 126 valence electrons. The van der Waals surface area contributed by atoms with E-state index in [0.717, 1.165) is 12.8 Å². The van der Waals surface area contributed by atoms with E-state index in [9.17, 15) is 9.59 Å². The van der Waals surface area contributed by atoms with Crippen molar-refractivity contribution in [1.82, 2.24) is 20.4 Å². The second-order valence-electron chi connectivity index (χ2n) is 6.17. The van der Waals surface area contributed by atoms with Crippen LogP contribution >= 0.6 is 0 Å². The Hall–Kier alpha value is -2.77. The van der Waals surface area contributed by atoms with Crippen molar-refractivity contribution in [3.8, 4) is 0 Å². The highest BCUT2D eigenvalue weighted by Gasteiger charge is 2.32. The molecule has 1 amide bonds. The highest BCUT2D eigenvalue weighted by Crippen LogP contribution is 2.38. The summed E-state index contributed by atoms with van der Waals surface area (Å²) in [7, 11) is 0. The van der Waals surface area contributed by atoms with E-state index in [0.29, 0.717) is 17.6 Å². The fourth-order valence-corrected chi connectivity index (χ4v) is 2.29. The Morgan fingerprint density at radius 2 is 1.96 bits per heavy atom. The van der Waals surface area contributed by atoms with Crippen LogP contribution in [0, 0.1) is 5.92 Å². The first kappa shape index (κ1) is 16.1. The van der Waals surface area contributed by atoms with E-state index in [1.165, 1.54) is 18.2 Å². The van der Waals surface area contributed by atoms with Crippen molar-refractivity contribution in [2.75, 3.05) is 0 Å². The van der Waals surface area contributed by atoms with E-state index in [4.69, 9.17) is 9.63 Å². The van der Waals surface area contributed by atoms with Gasteiger partial charge in [-0.1, -0.05) is 25.1 Å². The lowest BCUT2D eigenvalue weighted by atomic mass is 10.0. The lowest BCUT2D eigenvalue weighted by Gasteiger charge is -2.18. The maximum absolute atomic E-state index is 12.4. The number of carboxylic acid groups (broad SMARTS) is 1. The fourth-order valence-electron chi connectivity index (χ4n) is 2.29. The Morgan fingerprint density at radius 3 is 2.58 bits per heavy atom. The van der Waals surface area contributed by atoms with Gasteiger partial charge in [0.2, 0.25) is 5.89 Å². The largest absolute Gasteiger partial charge is 0.477 e. The number of nitrogens with zero attached hydrogens (tertiary/aromatic N) is 3. The van der Waals surface area contributed by atoms with Gasteiger partial charge < -0.3 is 14.9 Å². The molecule has 1 fully saturated rings. The molecule has 24 heavy (non-hydrogen) atoms. The molecule has 0 saturated heterocycles. The predicted molar refractivity (Wildman–Crippen MR) is 82.5 cm³/mol. The van der Waals surface area contributed by atoms with Gasteiger partial charge in [-0.05, 0) is 30.9 Å². The van der Waals surface area contributed by atoms with Crippen LogP contribution in [0.4, 0.5) is 0 Å². The van der Waals surface area contributed by atoms with Crippen molar-refractivity contribution in [3.63, 3.8) is 0 Å². The number of carboxylic acids is 1. The topological polar surface area (TPSA) is 118 Å². The molecule has 2 aromatic rings. The van der Waals surface area contributed by atoms with Gasteiger partial charge in [0.05, 0.1) is 0 Å². The minimum Gasteiger partial charge on any atom is -0.477 e. The molecule has 8 nitrogen and oxygen atoms in total. The van der Waals surface area contributed by atoms with Gasteiger partial charge in [-0.2, -0.15) is 4.98 Å². The molecule has 1 aliphatic rings. The van der Waals surface area contributed by atoms with Crippen LogP contribution in [0.15, 0.2) is 22.7 Å². The van der Waals surface area contributed by atoms with Gasteiger partial charge in [-0.3, -0.25) is 4.79 Å². The van der Waals surface area contributed by atoms with Crippen LogP contribution < -0.4 is 5.32 Å². The van der Waals surface area contributed by atoms with Gasteiger partial charge in [-0.25, -0.2) is 9.78 Å². The number of aromatic nitrogens is 3. The Labute approximate surface area is 138 Å². The summed E-state index contributed by atoms with van der Waals surface area (Å²) < 4.78 is 5.30. The summed E-state index contributed by atoms with van der Waals surface area (Å²) in [6, 6.07) is 3.81. The first-order valence-corrected chi connectivity index (χ1v) is 7.80. The van der Waals surface area contributed by atoms with E-state index >= 15 is 0 Å². The number of aromatic carboxylic acids is 1. The van der Waals surface area contributed by atoms with Gasteiger partial charge >= 0.3 is 5.97 Å². The molecule has 0 bridgehead atoms. The molecule has 8 heteroatoms. The summed E-state index contributed by atoms with van der Waals surface area (Å²) in [4.78, 5) is 31.6. The number of carbonyl (C=O) groups excluding carboxylic acids is 1. The number of nitrogens with one attached hydrogen (secondary N) is 1. The minimum absolute atomic E-state index is 0.0177. The van der Waals surface area contributed by atoms with Crippen LogP contribution in [-0.2, 0) is 0 Å². The van der Waals surface area contributed by atoms with Gasteiger partial charge in [0.25, 0.3) is 5.91 Å². The summed E-state index contributed by atoms with van der Waals surface area (Å²) >= 11 is 0. The second-order valence-corrected chi connectivity index (χ2v) is 6.17. The molecule has 2 aromatic heterocycles. The Morgan fingerprint density at radius 1 is 1.25 bits per heavy atom. The highest BCUT2D eigenvalue weighted by molar-refractivity contribution is 5.94. The summed E-state index contributed by atoms with van der Waals surface area (Å²) in [5, 5.41) is 15.7. The molecule has 2 heterocycles. The average molecular weight is 330 g/mol. The zero-order valence-corrected chi connectivity index (χ0v) is 13.4. The van der Waals surface area contributed by atoms with Crippen molar-refractivity contribution in [3.05, 3.63) is 41.3 Å². The Bertz CT molecular complexity index is 767. The summed E-state index contributed by atoms with van der Waals surface area (Å²) in [5.41, 5.74) is -0.153. The molecule has 0 radical (unpaired) electrons. The number of hydrogen-bond acceptors (Lipinski definition) is 6. The SMILES string of the molecule is CC(C)C(NC(=O)c1cccc(C(=O)O)n1)c1nc(C2CC2)no1. The van der Waals surface area contributed by atoms with Crippen molar-refractivity contribution in [2.45, 2.75) is 38.6 Å². The normalized spacial score (nSPS) is 15.3. The quantitative estimate of drug-likeness (QED) is 0.833. The van der Waals surface area contributed by atoms with Crippen LogP contribution in [0.2, 0.25) is 0 Å². The van der Waals surface area contributed by atoms with E-state index in [1.807, 2.05) is 13.8 Å². The summed E-state index contributed by atoms with van der Waals surface area (Å²) in [6.45, 7) is 3.85. The maximum atomic E-state index is 12.4. The van der Waals surface area contributed by atoms with Crippen LogP contribution in [0.3, 0.4) is 0 Å². The van der Waals surface area contributed by atoms with E-state index in [1.54, 1.807) is 0 Å². The third-order valence-electron chi connectivity index (χ3n) is 3.82. The van der Waals surface area contributed by atoms with E-state index in [2.05, 4.69) is 20.4 Å². The molecule has 1 saturated carbocycles. The van der Waals surface area contributed by atoms with Crippen molar-refractivity contribution < 1.29 is 19.2 Å². The van der Waals surface area contributed by atoms with Crippen molar-refractivity contribution in [1.29, 1.82) is 0 Å². The van der Waals surface area contributed by atoms with Gasteiger partial charge in [-0.15, -0.1) is 0 Å². The molecule has 0 aromatic carbocycles. The lowest BCUT2D eigenvalue weighted by Crippen LogP contribution is -2.32. The average Bonchev–Trinajstić information content (AvgIpc) is 3.30. The monoisotopic (exact) mass is 330 g/mol. The summed E-state index contributed by atoms with van der Waals surface area (Å²) in [6.07, 6.45) is 2.12. The Balaban J connectivity index is 1.78. The Kier molecular flexibility index (Phi) is 4.28. The van der Waals surface area contributed by atoms with Crippen LogP contribution in [0.5, 0.6) is 0 Å². The maximum Gasteiger partial charge on any atom is 0.354 e. The third-order valence-corrected chi connectivity index (χ3v) is 3.82. The van der Waals surface area contributed by atoms with Gasteiger partial charge in [0.15, 0.2) is 5.82 Å². The smallest absolute Gasteiger partial charge is 0.354 e. The third kappa shape index (κ3) is 3.42. The van der Waals surface area contributed by atoms with Gasteiger partial charge in [0, 0.05) is 5.92 Å². The van der Waals surface area contributed by atoms with Crippen molar-refractivity contribution in [2.24, 2.45) is 5.92 Å². The first-order valence-electron chi connectivity index (χ1n) is 7.80. The first-order chi connectivity index (χ1) is 11.5. The molecule has 1 aliphatic carbocycles. The fraction of sp³-hybridized carbons (Fsp3) is 0.438. The number of carbonyl (C=O) groups is 2. The molecule has 1 atom stereocenters. The molecule has 0 spiro atoms. The molecular formula is C16H18N4O4. The zero-order valence-electron chi connectivity index (χ0n) is 13.4. The summed E-state index contributed by atoms with van der Waals surface area (Å²) in [5.74, 6) is -0.256. The molecule has 1 unspecified atom stereocenters. The lowest BCUT2D eigenvalue weighted by molar-refractivity contribution is 0.0690. The molecular weight excluding hydrogens is 312 g/mol.